The van der Waals surface area contributed by atoms with Crippen LogP contribution in [-0.2, 0) is 0 Å². The summed E-state index contributed by atoms with van der Waals surface area (Å²) >= 11 is 7.93. The van der Waals surface area contributed by atoms with Crippen molar-refractivity contribution < 1.29 is 4.11 Å². The van der Waals surface area contributed by atoms with E-state index in [1.807, 2.05) is 165 Å². The van der Waals surface area contributed by atoms with Crippen LogP contribution >= 0.6 is 56.7 Å². The Bertz CT molecular complexity index is 4670. The lowest BCUT2D eigenvalue weighted by Gasteiger charge is -2.01. The Morgan fingerprint density at radius 1 is 0.345 bits per heavy atom. The van der Waals surface area contributed by atoms with E-state index in [1.165, 1.54) is 23.5 Å². The van der Waals surface area contributed by atoms with Gasteiger partial charge in [-0.15, -0.1) is 56.7 Å². The Balaban J connectivity index is 0.000000147. The van der Waals surface area contributed by atoms with Crippen molar-refractivity contribution in [1.82, 2.24) is 44.9 Å². The zero-order chi connectivity index (χ0) is 63.5. The molecular formula is C71H49N11S5. The second-order valence-corrected chi connectivity index (χ2v) is 23.1. The number of nitriles is 2. The molecule has 0 N–H and O–H groups in total. The number of hydrogen-bond acceptors (Lipinski definition) is 16. The Hall–Kier alpha value is -10.8. The summed E-state index contributed by atoms with van der Waals surface area (Å²) < 4.78 is 22.2. The second kappa shape index (κ2) is 32.9. The molecule has 0 bridgehead atoms. The van der Waals surface area contributed by atoms with Gasteiger partial charge in [-0.3, -0.25) is 19.9 Å². The van der Waals surface area contributed by atoms with Crippen LogP contribution in [0, 0.1) is 123 Å². The van der Waals surface area contributed by atoms with Gasteiger partial charge in [-0.2, -0.15) is 10.5 Å². The topological polar surface area (TPSA) is 164 Å². The van der Waals surface area contributed by atoms with Crippen molar-refractivity contribution in [1.29, 1.82) is 10.5 Å². The Morgan fingerprint density at radius 3 is 1.15 bits per heavy atom. The van der Waals surface area contributed by atoms with E-state index in [0.717, 1.165) is 92.6 Å². The number of rotatable bonds is 2. The van der Waals surface area contributed by atoms with Gasteiger partial charge in [-0.1, -0.05) is 59.9 Å². The molecule has 0 saturated carbocycles. The summed E-state index contributed by atoms with van der Waals surface area (Å²) in [5.74, 6) is 30.0. The van der Waals surface area contributed by atoms with E-state index in [2.05, 4.69) is 110 Å². The van der Waals surface area contributed by atoms with E-state index in [4.69, 9.17) is 14.6 Å². The number of thiazole rings is 5. The average molecular weight is 1220 g/mol. The van der Waals surface area contributed by atoms with Gasteiger partial charge in [0.15, 0.2) is 0 Å². The summed E-state index contributed by atoms with van der Waals surface area (Å²) in [7, 11) is 0. The molecule has 0 atom stereocenters. The normalized spacial score (nSPS) is 10.1. The van der Waals surface area contributed by atoms with Gasteiger partial charge >= 0.3 is 0 Å². The SMILES string of the molecule is Cc1nc(C#Cc2ccc(-c3cccc(C#N)c3)nc2)cs1.Cc1nc(C#Cc2ccc(-c3cccnc3)nc2)cs1.Cc1nc(C#Cc2ccccc2)cs1.Cc1nc(C#Cc2cccnc2)cs1.[3H]C([3H])([3H])c1cc(C#N)cc(C#Cc2csc(C)n2)c1. The molecule has 0 fully saturated rings. The molecule has 12 aromatic rings. The lowest BCUT2D eigenvalue weighted by atomic mass is 10.1. The van der Waals surface area contributed by atoms with Crippen molar-refractivity contribution in [2.75, 3.05) is 0 Å². The zero-order valence-corrected chi connectivity index (χ0v) is 51.4. The molecule has 0 aliphatic rings. The van der Waals surface area contributed by atoms with Crippen LogP contribution in [0.3, 0.4) is 0 Å². The smallest absolute Gasteiger partial charge is 0.124 e. The monoisotopic (exact) mass is 1220 g/mol. The van der Waals surface area contributed by atoms with Crippen LogP contribution in [0.4, 0.5) is 0 Å². The maximum absolute atomic E-state index is 8.95. The predicted octanol–water partition coefficient (Wildman–Crippen LogP) is 15.2. The molecule has 0 aliphatic carbocycles. The third kappa shape index (κ3) is 21.4. The third-order valence-electron chi connectivity index (χ3n) is 11.0. The quantitative estimate of drug-likeness (QED) is 0.151. The first-order valence-electron chi connectivity index (χ1n) is 27.7. The van der Waals surface area contributed by atoms with Crippen LogP contribution in [0.2, 0.25) is 0 Å². The molecule has 0 saturated heterocycles. The fourth-order valence-corrected chi connectivity index (χ4v) is 9.77. The van der Waals surface area contributed by atoms with E-state index < -0.39 is 6.85 Å². The van der Waals surface area contributed by atoms with Crippen molar-refractivity contribution in [3.05, 3.63) is 283 Å². The molecule has 0 spiro atoms. The lowest BCUT2D eigenvalue weighted by Crippen LogP contribution is -1.86. The maximum Gasteiger partial charge on any atom is 0.124 e. The van der Waals surface area contributed by atoms with Gasteiger partial charge in [0.05, 0.1) is 59.7 Å². The van der Waals surface area contributed by atoms with Crippen molar-refractivity contribution in [2.24, 2.45) is 0 Å². The van der Waals surface area contributed by atoms with Crippen molar-refractivity contribution in [3.63, 3.8) is 0 Å². The highest BCUT2D eigenvalue weighted by molar-refractivity contribution is 7.10. The second-order valence-electron chi connectivity index (χ2n) is 17.8. The van der Waals surface area contributed by atoms with Crippen LogP contribution in [0.15, 0.2) is 185 Å². The van der Waals surface area contributed by atoms with Gasteiger partial charge in [0.1, 0.15) is 28.5 Å². The molecular weight excluding hydrogens is 1170 g/mol. The zero-order valence-electron chi connectivity index (χ0n) is 50.4. The fourth-order valence-electron chi connectivity index (χ4n) is 7.05. The molecule has 87 heavy (non-hydrogen) atoms. The van der Waals surface area contributed by atoms with Crippen molar-refractivity contribution in [2.45, 2.75) is 41.5 Å². The van der Waals surface area contributed by atoms with Crippen LogP contribution in [0.25, 0.3) is 22.5 Å². The number of nitrogens with zero attached hydrogens (tertiary/aromatic N) is 11. The first-order chi connectivity index (χ1) is 43.6. The van der Waals surface area contributed by atoms with Gasteiger partial charge in [0.2, 0.25) is 0 Å². The van der Waals surface area contributed by atoms with E-state index in [9.17, 15) is 0 Å². The van der Waals surface area contributed by atoms with Crippen molar-refractivity contribution in [3.8, 4) is 93.9 Å². The number of benzene rings is 3. The van der Waals surface area contributed by atoms with Crippen molar-refractivity contribution >= 4 is 56.7 Å². The van der Waals surface area contributed by atoms with Gasteiger partial charge in [-0.05, 0) is 168 Å². The van der Waals surface area contributed by atoms with Gasteiger partial charge < -0.3 is 0 Å². The fraction of sp³-hybridized carbons (Fsp3) is 0.0845. The summed E-state index contributed by atoms with van der Waals surface area (Å²) in [5.41, 5.74) is 12.8. The maximum atomic E-state index is 8.95. The van der Waals surface area contributed by atoms with E-state index in [-0.39, 0.29) is 11.1 Å². The highest BCUT2D eigenvalue weighted by atomic mass is 32.1. The minimum absolute atomic E-state index is 0.121. The number of aromatic nitrogens is 9. The first-order valence-corrected chi connectivity index (χ1v) is 30.6. The van der Waals surface area contributed by atoms with Crippen LogP contribution < -0.4 is 0 Å². The molecule has 9 heterocycles. The number of aryl methyl sites for hydroxylation is 6. The minimum atomic E-state index is -2.25. The summed E-state index contributed by atoms with van der Waals surface area (Å²) in [6, 6.07) is 41.3. The largest absolute Gasteiger partial charge is 0.264 e. The van der Waals surface area contributed by atoms with E-state index in [1.54, 1.807) is 94.7 Å². The standard InChI is InChI=1S/C18H11N3S.C16H11N3S.C14H10N2S.C12H9NS.C11H8N2S/c1-13-21-17(12-22-13)7-5-14-6-8-18(20-11-14)16-4-2-3-15(9-16)10-19;1-12-19-15(11-20-12)6-4-13-5-7-16(18-9-13)14-3-2-8-17-10-14;1-10-5-12(7-13(6-10)8-15)3-4-14-9-17-11(2)16-14;1-10-13-12(9-14-10)8-7-11-5-3-2-4-6-11;1-9-13-11(8-14-9)5-4-10-3-2-6-12-7-10/h2-4,6,8-9,11-12H,1H3;2-3,5,7-11H,1H3;5-7,9H,1-2H3;2-6,9H,1H3;2-3,6-8H,1H3/i;;1T3;;. The molecule has 0 radical (unpaired) electrons. The van der Waals surface area contributed by atoms with E-state index in [0.29, 0.717) is 16.8 Å². The first kappa shape index (κ1) is 58.0. The molecule has 0 unspecified atom stereocenters. The highest BCUT2D eigenvalue weighted by Gasteiger charge is 2.03. The Kier molecular flexibility index (Phi) is 21.9. The molecule has 11 nitrogen and oxygen atoms in total. The minimum Gasteiger partial charge on any atom is -0.264 e. The lowest BCUT2D eigenvalue weighted by molar-refractivity contribution is 1.26. The molecule has 0 aliphatic heterocycles. The molecule has 3 aromatic carbocycles. The van der Waals surface area contributed by atoms with Gasteiger partial charge in [-0.25, -0.2) is 24.9 Å². The Labute approximate surface area is 531 Å². The summed E-state index contributed by atoms with van der Waals surface area (Å²) in [4.78, 5) is 38.2. The Morgan fingerprint density at radius 2 is 0.747 bits per heavy atom. The van der Waals surface area contributed by atoms with Gasteiger partial charge in [0, 0.05) is 107 Å². The molecule has 9 aromatic heterocycles. The number of hydrogen-bond donors (Lipinski definition) is 0. The van der Waals surface area contributed by atoms with Crippen LogP contribution in [0.1, 0.15) is 102 Å². The van der Waals surface area contributed by atoms with Crippen LogP contribution in [-0.4, -0.2) is 44.9 Å². The third-order valence-corrected chi connectivity index (χ3v) is 14.9. The summed E-state index contributed by atoms with van der Waals surface area (Å²) in [5, 5.41) is 32.6. The predicted molar refractivity (Wildman–Crippen MR) is 353 cm³/mol. The highest BCUT2D eigenvalue weighted by Crippen LogP contribution is 2.19. The average Bonchev–Trinajstić information content (AvgIpc) is 3.25. The molecule has 16 heteroatoms. The molecule has 418 valence electrons. The van der Waals surface area contributed by atoms with Crippen LogP contribution in [0.5, 0.6) is 0 Å². The van der Waals surface area contributed by atoms with Gasteiger partial charge in [0.25, 0.3) is 0 Å². The summed E-state index contributed by atoms with van der Waals surface area (Å²) in [6.07, 6.45) is 10.5. The number of pyridine rings is 4. The van der Waals surface area contributed by atoms with E-state index >= 15 is 0 Å². The molecule has 12 rings (SSSR count). The summed E-state index contributed by atoms with van der Waals surface area (Å²) in [6.45, 7) is 7.53. The molecule has 0 amide bonds.